The molecule has 1 atom stereocenters. The number of hydrogen-bond donors (Lipinski definition) is 0. The number of carbonyl (C=O) groups is 1. The highest BCUT2D eigenvalue weighted by Crippen LogP contribution is 2.38. The first-order valence-electron chi connectivity index (χ1n) is 10.3. The Morgan fingerprint density at radius 1 is 0.871 bits per heavy atom. The molecule has 0 unspecified atom stereocenters. The maximum absolute atomic E-state index is 13.6. The number of ether oxygens (including phenoxy) is 1. The van der Waals surface area contributed by atoms with Crippen LogP contribution in [0, 0.1) is 0 Å². The van der Waals surface area contributed by atoms with Crippen LogP contribution in [0.15, 0.2) is 41.3 Å². The monoisotopic (exact) mass is 466 g/mol. The van der Waals surface area contributed by atoms with Crippen LogP contribution in [0.5, 0.6) is 0 Å². The molecule has 0 aliphatic rings. The zero-order chi connectivity index (χ0) is 23.5. The molecule has 7 heteroatoms. The molecule has 170 valence electrons. The number of hydrogen-bond acceptors (Lipinski definition) is 5. The number of halogens is 1. The molecule has 0 aromatic heterocycles. The van der Waals surface area contributed by atoms with Gasteiger partial charge in [-0.05, 0) is 40.5 Å². The van der Waals surface area contributed by atoms with Crippen LogP contribution in [-0.2, 0) is 23.8 Å². The third-order valence-corrected chi connectivity index (χ3v) is 6.92. The molecule has 0 fully saturated rings. The average Bonchev–Trinajstić information content (AvgIpc) is 2.70. The van der Waals surface area contributed by atoms with Crippen molar-refractivity contribution in [2.24, 2.45) is 0 Å². The highest BCUT2D eigenvalue weighted by atomic mass is 35.5. The Labute approximate surface area is 190 Å². The fourth-order valence-electron chi connectivity index (χ4n) is 3.37. The van der Waals surface area contributed by atoms with Crippen molar-refractivity contribution >= 4 is 27.7 Å². The van der Waals surface area contributed by atoms with Crippen molar-refractivity contribution in [1.29, 1.82) is 0 Å². The summed E-state index contributed by atoms with van der Waals surface area (Å²) >= 11 is 6.23. The van der Waals surface area contributed by atoms with Crippen molar-refractivity contribution < 1.29 is 22.1 Å². The van der Waals surface area contributed by atoms with Gasteiger partial charge in [-0.1, -0.05) is 83.5 Å². The van der Waals surface area contributed by atoms with Gasteiger partial charge in [-0.2, -0.15) is 8.42 Å². The number of carbonyl (C=O) groups excluding carboxylic acids is 1. The zero-order valence-corrected chi connectivity index (χ0v) is 20.7. The van der Waals surface area contributed by atoms with Gasteiger partial charge in [0.25, 0.3) is 10.1 Å². The summed E-state index contributed by atoms with van der Waals surface area (Å²) in [4.78, 5) is 12.6. The minimum atomic E-state index is -4.33. The smallest absolute Gasteiger partial charge is 0.341 e. The van der Waals surface area contributed by atoms with E-state index >= 15 is 0 Å². The second kappa shape index (κ2) is 10.2. The predicted octanol–water partition coefficient (Wildman–Crippen LogP) is 6.33. The quantitative estimate of drug-likeness (QED) is 0.336. The lowest BCUT2D eigenvalue weighted by Crippen LogP contribution is -2.23. The Hall–Kier alpha value is -1.89. The molecule has 31 heavy (non-hydrogen) atoms. The molecule has 0 saturated carbocycles. The number of methoxy groups -OCH3 is 1. The van der Waals surface area contributed by atoms with E-state index in [0.29, 0.717) is 11.1 Å². The highest BCUT2D eigenvalue weighted by molar-refractivity contribution is 7.87. The van der Waals surface area contributed by atoms with Crippen molar-refractivity contribution in [2.45, 2.75) is 70.3 Å². The van der Waals surface area contributed by atoms with Gasteiger partial charge < -0.3 is 4.74 Å². The van der Waals surface area contributed by atoms with Crippen LogP contribution in [0.1, 0.15) is 87.7 Å². The molecule has 0 spiro atoms. The fraction of sp³-hybridized carbons (Fsp3) is 0.458. The largest absolute Gasteiger partial charge is 0.467 e. The third-order valence-electron chi connectivity index (χ3n) is 5.16. The molecule has 0 amide bonds. The molecule has 0 radical (unpaired) electrons. The summed E-state index contributed by atoms with van der Waals surface area (Å²) < 4.78 is 37.6. The summed E-state index contributed by atoms with van der Waals surface area (Å²) in [6.45, 7) is 11.9. The molecule has 0 saturated heterocycles. The number of esters is 1. The summed E-state index contributed by atoms with van der Waals surface area (Å²) in [6.07, 6.45) is -1.51. The van der Waals surface area contributed by atoms with E-state index in [1.54, 1.807) is 24.3 Å². The lowest BCUT2D eigenvalue weighted by Gasteiger charge is -2.24. The normalized spacial score (nSPS) is 13.1. The molecule has 2 aromatic carbocycles. The van der Waals surface area contributed by atoms with E-state index in [1.165, 1.54) is 7.11 Å². The summed E-state index contributed by atoms with van der Waals surface area (Å²) in [5.41, 5.74) is 2.62. The summed E-state index contributed by atoms with van der Waals surface area (Å²) in [5, 5.41) is 0.219. The van der Waals surface area contributed by atoms with E-state index in [4.69, 9.17) is 20.5 Å². The molecule has 0 bridgehead atoms. The van der Waals surface area contributed by atoms with E-state index in [0.717, 1.165) is 5.56 Å². The molecule has 0 N–H and O–H groups in total. The Bertz CT molecular complexity index is 1010. The van der Waals surface area contributed by atoms with E-state index in [2.05, 4.69) is 13.8 Å². The maximum atomic E-state index is 13.6. The van der Waals surface area contributed by atoms with Crippen molar-refractivity contribution in [2.75, 3.05) is 7.11 Å². The van der Waals surface area contributed by atoms with E-state index in [1.807, 2.05) is 39.8 Å². The molecule has 5 nitrogen and oxygen atoms in total. The maximum Gasteiger partial charge on any atom is 0.341 e. The van der Waals surface area contributed by atoms with Crippen molar-refractivity contribution in [1.82, 2.24) is 0 Å². The molecule has 0 heterocycles. The minimum Gasteiger partial charge on any atom is -0.467 e. The SMILES string of the molecule is COC(=O)[C@H](OS(=O)(=O)c1c(C(C)C)cc(C(C)C)cc1C(C)C)c1ccccc1Cl. The molecule has 0 aliphatic heterocycles. The van der Waals surface area contributed by atoms with Gasteiger partial charge >= 0.3 is 5.97 Å². The van der Waals surface area contributed by atoms with Crippen LogP contribution in [0.25, 0.3) is 0 Å². The second-order valence-electron chi connectivity index (χ2n) is 8.47. The molecule has 2 aromatic rings. The van der Waals surface area contributed by atoms with Gasteiger partial charge in [0.2, 0.25) is 6.10 Å². The van der Waals surface area contributed by atoms with Crippen LogP contribution < -0.4 is 0 Å². The number of rotatable bonds is 8. The van der Waals surface area contributed by atoms with Crippen molar-refractivity contribution in [3.05, 3.63) is 63.7 Å². The average molecular weight is 467 g/mol. The Morgan fingerprint density at radius 3 is 1.81 bits per heavy atom. The minimum absolute atomic E-state index is 0.0681. The van der Waals surface area contributed by atoms with Crippen LogP contribution in [0.2, 0.25) is 5.02 Å². The molecule has 0 aliphatic carbocycles. The van der Waals surface area contributed by atoms with Gasteiger partial charge in [-0.15, -0.1) is 0 Å². The lowest BCUT2D eigenvalue weighted by atomic mass is 9.89. The standard InChI is InChI=1S/C24H31ClO5S/c1-14(2)17-12-19(15(3)4)23(20(13-17)16(5)6)31(27,28)30-22(24(26)29-7)18-10-8-9-11-21(18)25/h8-16,22H,1-7H3/t22-/m1/s1. The predicted molar refractivity (Wildman–Crippen MR) is 123 cm³/mol. The Morgan fingerprint density at radius 2 is 1.39 bits per heavy atom. The lowest BCUT2D eigenvalue weighted by molar-refractivity contribution is -0.149. The van der Waals surface area contributed by atoms with Gasteiger partial charge in [0.15, 0.2) is 0 Å². The zero-order valence-electron chi connectivity index (χ0n) is 19.1. The van der Waals surface area contributed by atoms with Crippen LogP contribution in [0.3, 0.4) is 0 Å². The van der Waals surface area contributed by atoms with Crippen molar-refractivity contribution in [3.8, 4) is 0 Å². The van der Waals surface area contributed by atoms with Gasteiger partial charge in [0, 0.05) is 10.6 Å². The first-order chi connectivity index (χ1) is 14.4. The summed E-state index contributed by atoms with van der Waals surface area (Å²) in [5.74, 6) is -0.741. The van der Waals surface area contributed by atoms with Gasteiger partial charge in [0.1, 0.15) is 4.90 Å². The van der Waals surface area contributed by atoms with E-state index < -0.39 is 22.2 Å². The molecular formula is C24H31ClO5S. The first kappa shape index (κ1) is 25.4. The summed E-state index contributed by atoms with van der Waals surface area (Å²) in [6, 6.07) is 10.3. The topological polar surface area (TPSA) is 69.7 Å². The number of benzene rings is 2. The fourth-order valence-corrected chi connectivity index (χ4v) is 5.30. The van der Waals surface area contributed by atoms with Gasteiger partial charge in [-0.25, -0.2) is 8.98 Å². The summed E-state index contributed by atoms with van der Waals surface area (Å²) in [7, 11) is -3.15. The molecule has 2 rings (SSSR count). The van der Waals surface area contributed by atoms with E-state index in [-0.39, 0.29) is 33.2 Å². The van der Waals surface area contributed by atoms with Crippen LogP contribution in [-0.4, -0.2) is 21.5 Å². The van der Waals surface area contributed by atoms with Crippen molar-refractivity contribution in [3.63, 3.8) is 0 Å². The highest BCUT2D eigenvalue weighted by Gasteiger charge is 2.35. The van der Waals surface area contributed by atoms with Crippen LogP contribution in [0.4, 0.5) is 0 Å². The first-order valence-corrected chi connectivity index (χ1v) is 12.1. The third kappa shape index (κ3) is 5.68. The Balaban J connectivity index is 2.72. The van der Waals surface area contributed by atoms with Crippen LogP contribution >= 0.6 is 11.6 Å². The Kier molecular flexibility index (Phi) is 8.31. The van der Waals surface area contributed by atoms with Gasteiger partial charge in [0.05, 0.1) is 7.11 Å². The van der Waals surface area contributed by atoms with E-state index in [9.17, 15) is 13.2 Å². The second-order valence-corrected chi connectivity index (χ2v) is 10.4. The molecular weight excluding hydrogens is 436 g/mol. The van der Waals surface area contributed by atoms with Gasteiger partial charge in [-0.3, -0.25) is 0 Å².